The number of amides is 1. The molecule has 1 unspecified atom stereocenters. The van der Waals surface area contributed by atoms with Crippen LogP contribution in [0.5, 0.6) is 11.5 Å². The number of rotatable bonds is 7. The van der Waals surface area contributed by atoms with Gasteiger partial charge in [0.1, 0.15) is 17.3 Å². The quantitative estimate of drug-likeness (QED) is 0.839. The number of benzene rings is 1. The van der Waals surface area contributed by atoms with Gasteiger partial charge in [-0.15, -0.1) is 0 Å². The largest absolute Gasteiger partial charge is 0.497 e. The molecule has 0 saturated carbocycles. The maximum atomic E-state index is 12.1. The first-order valence-corrected chi connectivity index (χ1v) is 7.53. The van der Waals surface area contributed by atoms with E-state index < -0.39 is 0 Å². The molecule has 0 fully saturated rings. The summed E-state index contributed by atoms with van der Waals surface area (Å²) in [5, 5.41) is 6.79. The molecule has 0 radical (unpaired) electrons. The molecule has 7 heteroatoms. The lowest BCUT2D eigenvalue weighted by Gasteiger charge is -2.18. The van der Waals surface area contributed by atoms with E-state index in [1.807, 2.05) is 25.1 Å². The van der Waals surface area contributed by atoms with Gasteiger partial charge in [0, 0.05) is 24.5 Å². The van der Waals surface area contributed by atoms with Crippen molar-refractivity contribution in [2.24, 2.45) is 0 Å². The number of nitrogens with one attached hydrogen (secondary N) is 1. The van der Waals surface area contributed by atoms with Gasteiger partial charge in [-0.2, -0.15) is 0 Å². The van der Waals surface area contributed by atoms with Crippen molar-refractivity contribution in [3.05, 3.63) is 40.7 Å². The Kier molecular flexibility index (Phi) is 5.87. The van der Waals surface area contributed by atoms with Gasteiger partial charge in [-0.3, -0.25) is 4.79 Å². The van der Waals surface area contributed by atoms with Gasteiger partial charge in [0.2, 0.25) is 5.91 Å². The number of ether oxygens (including phenoxy) is 2. The highest BCUT2D eigenvalue weighted by Gasteiger charge is 2.15. The van der Waals surface area contributed by atoms with E-state index in [0.717, 1.165) is 5.56 Å². The van der Waals surface area contributed by atoms with Crippen LogP contribution in [-0.4, -0.2) is 25.3 Å². The Morgan fingerprint density at radius 3 is 2.74 bits per heavy atom. The minimum atomic E-state index is -0.217. The third kappa shape index (κ3) is 4.63. The number of carbonyl (C=O) groups is 1. The number of aryl methyl sites for hydroxylation is 1. The van der Waals surface area contributed by atoms with Crippen molar-refractivity contribution in [2.75, 3.05) is 14.2 Å². The number of methoxy groups -OCH3 is 2. The molecule has 1 aromatic carbocycles. The fourth-order valence-electron chi connectivity index (χ4n) is 2.21. The molecule has 6 nitrogen and oxygen atoms in total. The molecule has 23 heavy (non-hydrogen) atoms. The van der Waals surface area contributed by atoms with E-state index in [9.17, 15) is 4.79 Å². The van der Waals surface area contributed by atoms with E-state index in [2.05, 4.69) is 10.5 Å². The Morgan fingerprint density at radius 2 is 2.13 bits per heavy atom. The van der Waals surface area contributed by atoms with Crippen molar-refractivity contribution in [3.8, 4) is 11.5 Å². The Bertz CT molecular complexity index is 672. The number of nitrogens with zero attached hydrogens (tertiary/aromatic N) is 1. The smallest absolute Gasteiger partial charge is 0.220 e. The number of aromatic nitrogens is 1. The summed E-state index contributed by atoms with van der Waals surface area (Å²) in [4.78, 5) is 12.1. The lowest BCUT2D eigenvalue weighted by molar-refractivity contribution is -0.121. The summed E-state index contributed by atoms with van der Waals surface area (Å²) in [7, 11) is 3.19. The molecule has 1 N–H and O–H groups in total. The van der Waals surface area contributed by atoms with E-state index in [1.54, 1.807) is 20.3 Å². The zero-order valence-corrected chi connectivity index (χ0v) is 14.0. The van der Waals surface area contributed by atoms with Gasteiger partial charge in [0.15, 0.2) is 5.15 Å². The van der Waals surface area contributed by atoms with Crippen LogP contribution in [0.15, 0.2) is 28.8 Å². The van der Waals surface area contributed by atoms with Crippen molar-refractivity contribution < 1.29 is 18.8 Å². The van der Waals surface area contributed by atoms with E-state index in [0.29, 0.717) is 23.7 Å². The van der Waals surface area contributed by atoms with E-state index in [1.165, 1.54) is 0 Å². The highest BCUT2D eigenvalue weighted by molar-refractivity contribution is 6.29. The summed E-state index contributed by atoms with van der Waals surface area (Å²) in [5.74, 6) is 1.88. The normalized spacial score (nSPS) is 11.8. The predicted octanol–water partition coefficient (Wildman–Crippen LogP) is 3.16. The van der Waals surface area contributed by atoms with E-state index in [-0.39, 0.29) is 23.5 Å². The molecular formula is C16H19ClN2O4. The molecule has 1 amide bonds. The second-order valence-corrected chi connectivity index (χ2v) is 5.40. The molecule has 1 atom stereocenters. The van der Waals surface area contributed by atoms with Crippen molar-refractivity contribution in [1.82, 2.24) is 10.5 Å². The van der Waals surface area contributed by atoms with Gasteiger partial charge in [-0.05, 0) is 25.1 Å². The average Bonchev–Trinajstić information content (AvgIpc) is 2.97. The molecule has 2 rings (SSSR count). The van der Waals surface area contributed by atoms with Crippen molar-refractivity contribution in [2.45, 2.75) is 25.8 Å². The summed E-state index contributed by atoms with van der Waals surface area (Å²) in [6.45, 7) is 1.89. The second-order valence-electron chi connectivity index (χ2n) is 5.01. The van der Waals surface area contributed by atoms with Gasteiger partial charge >= 0.3 is 0 Å². The fourth-order valence-corrected chi connectivity index (χ4v) is 2.37. The van der Waals surface area contributed by atoms with Crippen LogP contribution in [0, 0.1) is 0 Å². The molecule has 0 bridgehead atoms. The van der Waals surface area contributed by atoms with E-state index >= 15 is 0 Å². The van der Waals surface area contributed by atoms with Crippen LogP contribution in [0.4, 0.5) is 0 Å². The van der Waals surface area contributed by atoms with Gasteiger partial charge in [0.05, 0.1) is 20.3 Å². The molecular weight excluding hydrogens is 320 g/mol. The van der Waals surface area contributed by atoms with Crippen LogP contribution in [0.25, 0.3) is 0 Å². The average molecular weight is 339 g/mol. The van der Waals surface area contributed by atoms with Gasteiger partial charge in [-0.1, -0.05) is 16.8 Å². The molecule has 0 aliphatic rings. The molecule has 0 aliphatic carbocycles. The van der Waals surface area contributed by atoms with Gasteiger partial charge < -0.3 is 19.3 Å². The molecule has 1 aromatic heterocycles. The summed E-state index contributed by atoms with van der Waals surface area (Å²) in [5.41, 5.74) is 0.850. The van der Waals surface area contributed by atoms with Crippen LogP contribution in [0.2, 0.25) is 5.15 Å². The minimum Gasteiger partial charge on any atom is -0.497 e. The first-order chi connectivity index (χ1) is 11.0. The monoisotopic (exact) mass is 338 g/mol. The molecule has 1 heterocycles. The van der Waals surface area contributed by atoms with E-state index in [4.69, 9.17) is 25.6 Å². The first-order valence-electron chi connectivity index (χ1n) is 7.16. The fraction of sp³-hybridized carbons (Fsp3) is 0.375. The summed E-state index contributed by atoms with van der Waals surface area (Å²) >= 11 is 5.67. The lowest BCUT2D eigenvalue weighted by Crippen LogP contribution is -2.27. The molecule has 0 saturated heterocycles. The highest BCUT2D eigenvalue weighted by atomic mass is 35.5. The molecule has 124 valence electrons. The van der Waals surface area contributed by atoms with Crippen molar-refractivity contribution in [3.63, 3.8) is 0 Å². The van der Waals surface area contributed by atoms with Crippen molar-refractivity contribution >= 4 is 17.5 Å². The second kappa shape index (κ2) is 7.87. The molecule has 2 aromatic rings. The van der Waals surface area contributed by atoms with Crippen LogP contribution >= 0.6 is 11.6 Å². The van der Waals surface area contributed by atoms with Crippen molar-refractivity contribution in [1.29, 1.82) is 0 Å². The summed E-state index contributed by atoms with van der Waals surface area (Å²) in [6, 6.07) is 6.85. The SMILES string of the molecule is COc1ccc(OC)c(C(C)NC(=O)CCc2cc(Cl)no2)c1. The first kappa shape index (κ1) is 17.1. The van der Waals surface area contributed by atoms with Crippen LogP contribution in [0.3, 0.4) is 0 Å². The maximum absolute atomic E-state index is 12.1. The zero-order valence-electron chi connectivity index (χ0n) is 13.3. The lowest BCUT2D eigenvalue weighted by atomic mass is 10.1. The topological polar surface area (TPSA) is 73.6 Å². The Labute approximate surface area is 139 Å². The number of hydrogen-bond donors (Lipinski definition) is 1. The van der Waals surface area contributed by atoms with Crippen LogP contribution in [0.1, 0.15) is 30.7 Å². The van der Waals surface area contributed by atoms with Crippen LogP contribution < -0.4 is 14.8 Å². The summed E-state index contributed by atoms with van der Waals surface area (Å²) in [6.07, 6.45) is 0.718. The Morgan fingerprint density at radius 1 is 1.35 bits per heavy atom. The van der Waals surface area contributed by atoms with Crippen LogP contribution in [-0.2, 0) is 11.2 Å². The molecule has 0 aliphatic heterocycles. The standard InChI is InChI=1S/C16H19ClN2O4/c1-10(13-8-11(21-2)4-6-14(13)22-3)18-16(20)7-5-12-9-15(17)19-23-12/h4,6,8-10H,5,7H2,1-3H3,(H,18,20). The zero-order chi connectivity index (χ0) is 16.8. The maximum Gasteiger partial charge on any atom is 0.220 e. The predicted molar refractivity (Wildman–Crippen MR) is 85.9 cm³/mol. The number of hydrogen-bond acceptors (Lipinski definition) is 5. The highest BCUT2D eigenvalue weighted by Crippen LogP contribution is 2.29. The summed E-state index contributed by atoms with van der Waals surface area (Å²) < 4.78 is 15.5. The van der Waals surface area contributed by atoms with Gasteiger partial charge in [-0.25, -0.2) is 0 Å². The Hall–Kier alpha value is -2.21. The van der Waals surface area contributed by atoms with Gasteiger partial charge in [0.25, 0.3) is 0 Å². The number of carbonyl (C=O) groups excluding carboxylic acids is 1. The number of halogens is 1. The molecule has 0 spiro atoms. The Balaban J connectivity index is 1.97. The minimum absolute atomic E-state index is 0.102. The third-order valence-corrected chi connectivity index (χ3v) is 3.59. The third-order valence-electron chi connectivity index (χ3n) is 3.41.